The lowest BCUT2D eigenvalue weighted by molar-refractivity contribution is -0.140. The molecule has 6 nitrogen and oxygen atoms in total. The van der Waals surface area contributed by atoms with Crippen LogP contribution in [-0.2, 0) is 9.59 Å². The van der Waals surface area contributed by atoms with Crippen molar-refractivity contribution >= 4 is 17.7 Å². The number of carboxylic acid groups (broad SMARTS) is 1. The Morgan fingerprint density at radius 3 is 2.56 bits per heavy atom. The fourth-order valence-corrected chi connectivity index (χ4v) is 2.28. The van der Waals surface area contributed by atoms with E-state index in [1.165, 1.54) is 18.3 Å². The molecular formula is C12H14N2O4. The number of carbonyl (C=O) groups is 2. The molecule has 0 bridgehead atoms. The molecule has 0 radical (unpaired) electrons. The van der Waals surface area contributed by atoms with E-state index in [9.17, 15) is 14.7 Å². The molecule has 1 aromatic rings. The summed E-state index contributed by atoms with van der Waals surface area (Å²) in [4.78, 5) is 26.7. The minimum Gasteiger partial charge on any atom is -0.504 e. The van der Waals surface area contributed by atoms with Gasteiger partial charge in [-0.25, -0.2) is 4.98 Å². The molecule has 1 fully saturated rings. The lowest BCUT2D eigenvalue weighted by Crippen LogP contribution is -2.18. The van der Waals surface area contributed by atoms with E-state index in [-0.39, 0.29) is 11.6 Å². The van der Waals surface area contributed by atoms with E-state index >= 15 is 0 Å². The van der Waals surface area contributed by atoms with Crippen LogP contribution in [0.15, 0.2) is 18.3 Å². The maximum atomic E-state index is 11.9. The highest BCUT2D eigenvalue weighted by molar-refractivity contribution is 5.99. The Kier molecular flexibility index (Phi) is 2.73. The topological polar surface area (TPSA) is 99.5 Å². The van der Waals surface area contributed by atoms with Crippen molar-refractivity contribution in [2.75, 3.05) is 5.32 Å². The van der Waals surface area contributed by atoms with Gasteiger partial charge in [0.25, 0.3) is 0 Å². The van der Waals surface area contributed by atoms with Crippen molar-refractivity contribution in [1.82, 2.24) is 4.98 Å². The molecule has 0 spiro atoms. The second-order valence-electron chi connectivity index (χ2n) is 4.98. The molecule has 1 heterocycles. The van der Waals surface area contributed by atoms with Crippen LogP contribution < -0.4 is 5.32 Å². The first-order chi connectivity index (χ1) is 8.35. The van der Waals surface area contributed by atoms with Gasteiger partial charge in [0.2, 0.25) is 5.91 Å². The molecule has 3 N–H and O–H groups in total. The largest absolute Gasteiger partial charge is 0.504 e. The molecule has 1 amide bonds. The van der Waals surface area contributed by atoms with Crippen molar-refractivity contribution in [3.05, 3.63) is 18.3 Å². The van der Waals surface area contributed by atoms with Crippen molar-refractivity contribution in [1.29, 1.82) is 0 Å². The maximum Gasteiger partial charge on any atom is 0.307 e. The molecule has 2 rings (SSSR count). The second kappa shape index (κ2) is 3.97. The number of nitrogens with one attached hydrogen (secondary N) is 1. The van der Waals surface area contributed by atoms with E-state index in [4.69, 9.17) is 5.11 Å². The molecule has 0 unspecified atom stereocenters. The fourth-order valence-electron chi connectivity index (χ4n) is 2.28. The molecule has 1 aliphatic rings. The molecule has 0 aliphatic heterocycles. The van der Waals surface area contributed by atoms with E-state index in [1.54, 1.807) is 13.8 Å². The van der Waals surface area contributed by atoms with Crippen LogP contribution in [0.25, 0.3) is 0 Å². The van der Waals surface area contributed by atoms with Crippen molar-refractivity contribution < 1.29 is 19.8 Å². The van der Waals surface area contributed by atoms with E-state index in [2.05, 4.69) is 10.3 Å². The van der Waals surface area contributed by atoms with Crippen LogP contribution in [0.2, 0.25) is 0 Å². The summed E-state index contributed by atoms with van der Waals surface area (Å²) >= 11 is 0. The van der Waals surface area contributed by atoms with E-state index in [0.717, 1.165) is 0 Å². The van der Waals surface area contributed by atoms with Gasteiger partial charge in [-0.1, -0.05) is 13.8 Å². The van der Waals surface area contributed by atoms with Crippen LogP contribution in [0.4, 0.5) is 5.82 Å². The van der Waals surface area contributed by atoms with Gasteiger partial charge in [-0.2, -0.15) is 0 Å². The van der Waals surface area contributed by atoms with Gasteiger partial charge in [0.15, 0.2) is 11.6 Å². The number of aromatic hydroxyl groups is 1. The number of carbonyl (C=O) groups excluding carboxylic acids is 1. The number of pyridine rings is 1. The Bertz CT molecular complexity index is 513. The second-order valence-corrected chi connectivity index (χ2v) is 4.98. The van der Waals surface area contributed by atoms with E-state index < -0.39 is 29.1 Å². The van der Waals surface area contributed by atoms with Gasteiger partial charge in [-0.3, -0.25) is 9.59 Å². The Balaban J connectivity index is 2.11. The standard InChI is InChI=1S/C12H14N2O4/c1-12(2)7(8(12)11(17)18)10(16)14-9-6(15)4-3-5-13-9/h3-5,7-8,15H,1-2H3,(H,17,18)(H,13,14,16)/t7-,8-/m0/s1. The third-order valence-electron chi connectivity index (χ3n) is 3.40. The normalized spacial score (nSPS) is 24.3. The molecule has 0 aromatic carbocycles. The summed E-state index contributed by atoms with van der Waals surface area (Å²) in [5.41, 5.74) is -0.569. The van der Waals surface area contributed by atoms with Crippen molar-refractivity contribution in [3.8, 4) is 5.75 Å². The van der Waals surface area contributed by atoms with Gasteiger partial charge in [-0.05, 0) is 17.5 Å². The molecule has 2 atom stereocenters. The molecule has 1 saturated carbocycles. The summed E-state index contributed by atoms with van der Waals surface area (Å²) in [6, 6.07) is 2.93. The number of anilines is 1. The lowest BCUT2D eigenvalue weighted by atomic mass is 10.1. The fraction of sp³-hybridized carbons (Fsp3) is 0.417. The summed E-state index contributed by atoms with van der Waals surface area (Å²) in [5.74, 6) is -2.79. The molecule has 0 saturated heterocycles. The van der Waals surface area contributed by atoms with Crippen LogP contribution in [0.1, 0.15) is 13.8 Å². The van der Waals surface area contributed by atoms with Crippen LogP contribution >= 0.6 is 0 Å². The van der Waals surface area contributed by atoms with Crippen molar-refractivity contribution in [2.45, 2.75) is 13.8 Å². The van der Waals surface area contributed by atoms with Gasteiger partial charge < -0.3 is 15.5 Å². The highest BCUT2D eigenvalue weighted by Crippen LogP contribution is 2.58. The zero-order valence-electron chi connectivity index (χ0n) is 10.0. The number of aromatic nitrogens is 1. The SMILES string of the molecule is CC1(C)[C@H](C(=O)O)[C@H]1C(=O)Nc1ncccc1O. The number of nitrogens with zero attached hydrogens (tertiary/aromatic N) is 1. The van der Waals surface area contributed by atoms with Gasteiger partial charge >= 0.3 is 5.97 Å². The predicted octanol–water partition coefficient (Wildman–Crippen LogP) is 1.08. The number of carboxylic acids is 1. The summed E-state index contributed by atoms with van der Waals surface area (Å²) < 4.78 is 0. The number of hydrogen-bond acceptors (Lipinski definition) is 4. The molecule has 1 aliphatic carbocycles. The zero-order valence-corrected chi connectivity index (χ0v) is 10.0. The third kappa shape index (κ3) is 1.90. The molecule has 18 heavy (non-hydrogen) atoms. The average molecular weight is 250 g/mol. The molecular weight excluding hydrogens is 236 g/mol. The Morgan fingerprint density at radius 1 is 1.39 bits per heavy atom. The van der Waals surface area contributed by atoms with Crippen LogP contribution in [0.5, 0.6) is 5.75 Å². The lowest BCUT2D eigenvalue weighted by Gasteiger charge is -2.06. The van der Waals surface area contributed by atoms with Gasteiger partial charge in [-0.15, -0.1) is 0 Å². The molecule has 6 heteroatoms. The summed E-state index contributed by atoms with van der Waals surface area (Å²) in [6.07, 6.45) is 1.43. The number of amides is 1. The third-order valence-corrected chi connectivity index (χ3v) is 3.40. The average Bonchev–Trinajstić information content (AvgIpc) is 2.85. The first-order valence-corrected chi connectivity index (χ1v) is 5.53. The predicted molar refractivity (Wildman–Crippen MR) is 62.9 cm³/mol. The zero-order chi connectivity index (χ0) is 13.5. The van der Waals surface area contributed by atoms with E-state index in [0.29, 0.717) is 0 Å². The molecule has 1 aromatic heterocycles. The van der Waals surface area contributed by atoms with Gasteiger partial charge in [0, 0.05) is 6.20 Å². The highest BCUT2D eigenvalue weighted by atomic mass is 16.4. The Morgan fingerprint density at radius 2 is 2.06 bits per heavy atom. The monoisotopic (exact) mass is 250 g/mol. The number of aliphatic carboxylic acids is 1. The summed E-state index contributed by atoms with van der Waals surface area (Å²) in [6.45, 7) is 3.46. The smallest absolute Gasteiger partial charge is 0.307 e. The van der Waals surface area contributed by atoms with Crippen LogP contribution in [-0.4, -0.2) is 27.1 Å². The molecule has 96 valence electrons. The number of rotatable bonds is 3. The van der Waals surface area contributed by atoms with Crippen LogP contribution in [0, 0.1) is 17.3 Å². The minimum atomic E-state index is -0.981. The summed E-state index contributed by atoms with van der Waals surface area (Å²) in [7, 11) is 0. The quantitative estimate of drug-likeness (QED) is 0.745. The van der Waals surface area contributed by atoms with Gasteiger partial charge in [0.05, 0.1) is 11.8 Å². The van der Waals surface area contributed by atoms with Gasteiger partial charge in [0.1, 0.15) is 0 Å². The Labute approximate surface area is 104 Å². The first kappa shape index (κ1) is 12.3. The van der Waals surface area contributed by atoms with Crippen LogP contribution in [0.3, 0.4) is 0 Å². The minimum absolute atomic E-state index is 0.0503. The van der Waals surface area contributed by atoms with E-state index in [1.807, 2.05) is 0 Å². The first-order valence-electron chi connectivity index (χ1n) is 5.53. The number of hydrogen-bond donors (Lipinski definition) is 3. The Hall–Kier alpha value is -2.11. The van der Waals surface area contributed by atoms with Crippen molar-refractivity contribution in [3.63, 3.8) is 0 Å². The highest BCUT2D eigenvalue weighted by Gasteiger charge is 2.65. The van der Waals surface area contributed by atoms with Crippen molar-refractivity contribution in [2.24, 2.45) is 17.3 Å². The summed E-state index contributed by atoms with van der Waals surface area (Å²) in [5, 5.41) is 20.9. The maximum absolute atomic E-state index is 11.9.